The highest BCUT2D eigenvalue weighted by Crippen LogP contribution is 2.25. The van der Waals surface area contributed by atoms with Crippen LogP contribution in [0.25, 0.3) is 0 Å². The van der Waals surface area contributed by atoms with Crippen molar-refractivity contribution in [1.29, 1.82) is 0 Å². The molecule has 3 rings (SSSR count). The van der Waals surface area contributed by atoms with Crippen molar-refractivity contribution in [3.05, 3.63) is 41.0 Å². The SMILES string of the molecule is Cc1oncc1C(=O)N1CCC(COc2ccncc2Cl)CC1. The number of halogens is 1. The van der Waals surface area contributed by atoms with Crippen molar-refractivity contribution in [2.75, 3.05) is 19.7 Å². The molecule has 0 spiro atoms. The summed E-state index contributed by atoms with van der Waals surface area (Å²) in [5, 5.41) is 4.18. The largest absolute Gasteiger partial charge is 0.492 e. The van der Waals surface area contributed by atoms with Gasteiger partial charge in [-0.1, -0.05) is 16.8 Å². The van der Waals surface area contributed by atoms with Gasteiger partial charge in [0.25, 0.3) is 5.91 Å². The fourth-order valence-corrected chi connectivity index (χ4v) is 2.84. The number of carbonyl (C=O) groups excluding carboxylic acids is 1. The van der Waals surface area contributed by atoms with Crippen LogP contribution in [0.15, 0.2) is 29.2 Å². The first-order valence-corrected chi connectivity index (χ1v) is 7.96. The number of hydrogen-bond acceptors (Lipinski definition) is 5. The highest BCUT2D eigenvalue weighted by Gasteiger charge is 2.26. The standard InChI is InChI=1S/C16H18ClN3O3/c1-11-13(8-19-23-11)16(21)20-6-3-12(4-7-20)10-22-15-2-5-18-9-14(15)17/h2,5,8-9,12H,3-4,6-7,10H2,1H3. The first kappa shape index (κ1) is 15.8. The Labute approximate surface area is 139 Å². The number of aromatic nitrogens is 2. The Kier molecular flexibility index (Phi) is 4.81. The van der Waals surface area contributed by atoms with Gasteiger partial charge in [0.15, 0.2) is 0 Å². The fourth-order valence-electron chi connectivity index (χ4n) is 2.66. The van der Waals surface area contributed by atoms with E-state index in [-0.39, 0.29) is 5.91 Å². The summed E-state index contributed by atoms with van der Waals surface area (Å²) in [4.78, 5) is 18.2. The number of ether oxygens (including phenoxy) is 1. The summed E-state index contributed by atoms with van der Waals surface area (Å²) in [5.41, 5.74) is 0.545. The first-order chi connectivity index (χ1) is 11.1. The molecule has 2 aromatic heterocycles. The van der Waals surface area contributed by atoms with Gasteiger partial charge in [-0.15, -0.1) is 0 Å². The van der Waals surface area contributed by atoms with Gasteiger partial charge in [-0.3, -0.25) is 9.78 Å². The molecule has 3 heterocycles. The molecule has 7 heteroatoms. The molecule has 0 bridgehead atoms. The van der Waals surface area contributed by atoms with Crippen molar-refractivity contribution in [2.24, 2.45) is 5.92 Å². The van der Waals surface area contributed by atoms with Crippen molar-refractivity contribution in [1.82, 2.24) is 15.0 Å². The quantitative estimate of drug-likeness (QED) is 0.859. The summed E-state index contributed by atoms with van der Waals surface area (Å²) >= 11 is 6.02. The maximum absolute atomic E-state index is 12.4. The number of nitrogens with zero attached hydrogens (tertiary/aromatic N) is 3. The number of likely N-dealkylation sites (tertiary alicyclic amines) is 1. The lowest BCUT2D eigenvalue weighted by molar-refractivity contribution is 0.0659. The molecule has 1 amide bonds. The monoisotopic (exact) mass is 335 g/mol. The van der Waals surface area contributed by atoms with E-state index in [0.29, 0.717) is 47.7 Å². The molecule has 6 nitrogen and oxygen atoms in total. The van der Waals surface area contributed by atoms with Gasteiger partial charge in [0.05, 0.1) is 12.8 Å². The minimum Gasteiger partial charge on any atom is -0.492 e. The molecule has 23 heavy (non-hydrogen) atoms. The smallest absolute Gasteiger partial charge is 0.259 e. The van der Waals surface area contributed by atoms with Crippen LogP contribution < -0.4 is 4.74 Å². The van der Waals surface area contributed by atoms with E-state index in [4.69, 9.17) is 20.9 Å². The zero-order valence-electron chi connectivity index (χ0n) is 12.9. The molecule has 2 aromatic rings. The minimum absolute atomic E-state index is 0.0136. The topological polar surface area (TPSA) is 68.5 Å². The summed E-state index contributed by atoms with van der Waals surface area (Å²) in [6, 6.07) is 1.76. The zero-order chi connectivity index (χ0) is 16.2. The first-order valence-electron chi connectivity index (χ1n) is 7.58. The third-order valence-corrected chi connectivity index (χ3v) is 4.38. The number of pyridine rings is 1. The van der Waals surface area contributed by atoms with Crippen molar-refractivity contribution in [3.8, 4) is 5.75 Å². The molecule has 122 valence electrons. The molecule has 0 atom stereocenters. The van der Waals surface area contributed by atoms with E-state index in [9.17, 15) is 4.79 Å². The molecule has 0 radical (unpaired) electrons. The van der Waals surface area contributed by atoms with E-state index < -0.39 is 0 Å². The molecule has 1 fully saturated rings. The normalized spacial score (nSPS) is 15.7. The lowest BCUT2D eigenvalue weighted by Crippen LogP contribution is -2.39. The van der Waals surface area contributed by atoms with Crippen molar-refractivity contribution < 1.29 is 14.1 Å². The van der Waals surface area contributed by atoms with E-state index in [1.165, 1.54) is 6.20 Å². The summed E-state index contributed by atoms with van der Waals surface area (Å²) < 4.78 is 10.7. The summed E-state index contributed by atoms with van der Waals surface area (Å²) in [6.45, 7) is 3.76. The van der Waals surface area contributed by atoms with Gasteiger partial charge in [-0.25, -0.2) is 0 Å². The second-order valence-electron chi connectivity index (χ2n) is 5.65. The second kappa shape index (κ2) is 7.00. The summed E-state index contributed by atoms with van der Waals surface area (Å²) in [6.07, 6.45) is 6.51. The summed E-state index contributed by atoms with van der Waals surface area (Å²) in [5.74, 6) is 1.61. The second-order valence-corrected chi connectivity index (χ2v) is 6.06. The van der Waals surface area contributed by atoms with Gasteiger partial charge >= 0.3 is 0 Å². The van der Waals surface area contributed by atoms with E-state index >= 15 is 0 Å². The fraction of sp³-hybridized carbons (Fsp3) is 0.438. The Hall–Kier alpha value is -2.08. The third kappa shape index (κ3) is 3.64. The molecule has 0 N–H and O–H groups in total. The average molecular weight is 336 g/mol. The number of carbonyl (C=O) groups is 1. The molecule has 1 aliphatic heterocycles. The van der Waals surface area contributed by atoms with Gasteiger partial charge in [0, 0.05) is 31.5 Å². The van der Waals surface area contributed by atoms with E-state index in [2.05, 4.69) is 10.1 Å². The number of aryl methyl sites for hydroxylation is 1. The van der Waals surface area contributed by atoms with Crippen molar-refractivity contribution in [2.45, 2.75) is 19.8 Å². The van der Waals surface area contributed by atoms with Gasteiger partial charge in [-0.05, 0) is 25.7 Å². The molecule has 0 unspecified atom stereocenters. The maximum atomic E-state index is 12.4. The Bertz CT molecular complexity index is 681. The van der Waals surface area contributed by atoms with Crippen molar-refractivity contribution >= 4 is 17.5 Å². The molecule has 0 saturated carbocycles. The Morgan fingerprint density at radius 3 is 2.87 bits per heavy atom. The highest BCUT2D eigenvalue weighted by molar-refractivity contribution is 6.31. The molecular weight excluding hydrogens is 318 g/mol. The van der Waals surface area contributed by atoms with Gasteiger partial charge in [0.1, 0.15) is 22.1 Å². The van der Waals surface area contributed by atoms with Crippen molar-refractivity contribution in [3.63, 3.8) is 0 Å². The number of amides is 1. The highest BCUT2D eigenvalue weighted by atomic mass is 35.5. The maximum Gasteiger partial charge on any atom is 0.259 e. The van der Waals surface area contributed by atoms with Gasteiger partial charge in [-0.2, -0.15) is 0 Å². The van der Waals surface area contributed by atoms with Crippen LogP contribution in [0.3, 0.4) is 0 Å². The van der Waals surface area contributed by atoms with Crippen LogP contribution in [-0.2, 0) is 0 Å². The molecule has 1 aliphatic rings. The number of piperidine rings is 1. The van der Waals surface area contributed by atoms with Crippen LogP contribution in [0, 0.1) is 12.8 Å². The van der Waals surface area contributed by atoms with Crippen LogP contribution in [0.1, 0.15) is 29.0 Å². The summed E-state index contributed by atoms with van der Waals surface area (Å²) in [7, 11) is 0. The van der Waals surface area contributed by atoms with Crippen LogP contribution >= 0.6 is 11.6 Å². The van der Waals surface area contributed by atoms with E-state index in [1.54, 1.807) is 25.4 Å². The molecule has 0 aliphatic carbocycles. The Morgan fingerprint density at radius 2 is 2.22 bits per heavy atom. The number of rotatable bonds is 4. The zero-order valence-corrected chi connectivity index (χ0v) is 13.6. The third-order valence-electron chi connectivity index (χ3n) is 4.09. The Morgan fingerprint density at radius 1 is 1.43 bits per heavy atom. The molecule has 0 aromatic carbocycles. The predicted octanol–water partition coefficient (Wildman–Crippen LogP) is 2.96. The van der Waals surface area contributed by atoms with Crippen LogP contribution in [0.5, 0.6) is 5.75 Å². The average Bonchev–Trinajstić information content (AvgIpc) is 3.00. The lowest BCUT2D eigenvalue weighted by Gasteiger charge is -2.31. The van der Waals surface area contributed by atoms with E-state index in [1.807, 2.05) is 4.90 Å². The number of hydrogen-bond donors (Lipinski definition) is 0. The van der Waals surface area contributed by atoms with Gasteiger partial charge in [0.2, 0.25) is 0 Å². The lowest BCUT2D eigenvalue weighted by atomic mass is 9.97. The minimum atomic E-state index is -0.0136. The van der Waals surface area contributed by atoms with Crippen LogP contribution in [0.2, 0.25) is 5.02 Å². The predicted molar refractivity (Wildman–Crippen MR) is 84.6 cm³/mol. The van der Waals surface area contributed by atoms with Crippen LogP contribution in [-0.4, -0.2) is 40.6 Å². The Balaban J connectivity index is 1.50. The van der Waals surface area contributed by atoms with Crippen LogP contribution in [0.4, 0.5) is 0 Å². The molecular formula is C16H18ClN3O3. The molecule has 1 saturated heterocycles. The van der Waals surface area contributed by atoms with Gasteiger partial charge < -0.3 is 14.2 Å². The van der Waals surface area contributed by atoms with E-state index in [0.717, 1.165) is 12.8 Å².